The van der Waals surface area contributed by atoms with E-state index in [9.17, 15) is 0 Å². The molecule has 0 unspecified atom stereocenters. The quantitative estimate of drug-likeness (QED) is 0.754. The minimum Gasteiger partial charge on any atom is -0.309 e. The van der Waals surface area contributed by atoms with E-state index < -0.39 is 0 Å². The first-order valence-corrected chi connectivity index (χ1v) is 7.66. The molecule has 0 saturated heterocycles. The maximum atomic E-state index is 3.59. The van der Waals surface area contributed by atoms with Crippen LogP contribution in [0.15, 0.2) is 13.6 Å². The van der Waals surface area contributed by atoms with Crippen LogP contribution in [0.3, 0.4) is 0 Å². The van der Waals surface area contributed by atoms with E-state index >= 15 is 0 Å². The first-order chi connectivity index (χ1) is 7.49. The maximum absolute atomic E-state index is 3.59. The van der Waals surface area contributed by atoms with Gasteiger partial charge >= 0.3 is 0 Å². The Kier molecular flexibility index (Phi) is 6.51. The molecule has 0 bridgehead atoms. The van der Waals surface area contributed by atoms with Crippen LogP contribution >= 0.6 is 43.2 Å². The molecule has 0 aliphatic carbocycles. The monoisotopic (exact) mass is 368 g/mol. The van der Waals surface area contributed by atoms with E-state index in [-0.39, 0.29) is 0 Å². The Bertz CT molecular complexity index is 326. The summed E-state index contributed by atoms with van der Waals surface area (Å²) in [7, 11) is 6.41. The predicted molar refractivity (Wildman–Crippen MR) is 79.2 cm³/mol. The van der Waals surface area contributed by atoms with Crippen LogP contribution in [0, 0.1) is 0 Å². The van der Waals surface area contributed by atoms with E-state index in [0.29, 0.717) is 0 Å². The van der Waals surface area contributed by atoms with Crippen molar-refractivity contribution in [3.8, 4) is 0 Å². The largest absolute Gasteiger partial charge is 0.309 e. The summed E-state index contributed by atoms with van der Waals surface area (Å²) < 4.78 is 2.43. The molecular weight excluding hydrogens is 352 g/mol. The molecule has 0 fully saturated rings. The number of halogens is 2. The van der Waals surface area contributed by atoms with Crippen LogP contribution in [0.2, 0.25) is 0 Å². The molecule has 1 aromatic heterocycles. The van der Waals surface area contributed by atoms with Gasteiger partial charge in [0.25, 0.3) is 0 Å². The van der Waals surface area contributed by atoms with E-state index in [4.69, 9.17) is 0 Å². The van der Waals surface area contributed by atoms with Crippen molar-refractivity contribution in [2.75, 3.05) is 34.2 Å². The van der Waals surface area contributed by atoms with E-state index in [1.165, 1.54) is 19.6 Å². The summed E-state index contributed by atoms with van der Waals surface area (Å²) in [4.78, 5) is 4.59. The Labute approximate surface area is 119 Å². The van der Waals surface area contributed by atoms with Crippen molar-refractivity contribution in [2.24, 2.45) is 0 Å². The summed E-state index contributed by atoms with van der Waals surface area (Å²) in [6.07, 6.45) is 1.21. The Morgan fingerprint density at radius 3 is 2.38 bits per heavy atom. The second kappa shape index (κ2) is 7.11. The summed E-state index contributed by atoms with van der Waals surface area (Å²) in [5.74, 6) is 0. The smallest absolute Gasteiger partial charge is 0.0755 e. The van der Waals surface area contributed by atoms with Gasteiger partial charge in [0.1, 0.15) is 0 Å². The van der Waals surface area contributed by atoms with Crippen molar-refractivity contribution >= 4 is 43.2 Å². The van der Waals surface area contributed by atoms with Crippen LogP contribution in [-0.4, -0.2) is 44.0 Å². The van der Waals surface area contributed by atoms with E-state index in [2.05, 4.69) is 68.9 Å². The highest BCUT2D eigenvalue weighted by atomic mass is 79.9. The van der Waals surface area contributed by atoms with E-state index in [1.54, 1.807) is 11.3 Å². The first kappa shape index (κ1) is 14.6. The Balaban J connectivity index is 2.34. The lowest BCUT2D eigenvalue weighted by molar-refractivity contribution is 0.294. The number of hydrogen-bond acceptors (Lipinski definition) is 3. The molecule has 0 aliphatic rings. The lowest BCUT2D eigenvalue weighted by Gasteiger charge is -2.17. The summed E-state index contributed by atoms with van der Waals surface area (Å²) >= 11 is 8.84. The lowest BCUT2D eigenvalue weighted by atomic mass is 10.3. The van der Waals surface area contributed by atoms with Crippen LogP contribution in [0.5, 0.6) is 0 Å². The molecule has 0 N–H and O–H groups in total. The molecule has 0 aliphatic heterocycles. The highest BCUT2D eigenvalue weighted by Gasteiger charge is 2.07. The predicted octanol–water partition coefficient (Wildman–Crippen LogP) is 3.66. The topological polar surface area (TPSA) is 6.48 Å². The molecule has 1 aromatic rings. The zero-order valence-electron chi connectivity index (χ0n) is 9.96. The van der Waals surface area contributed by atoms with Crippen LogP contribution in [0.4, 0.5) is 0 Å². The van der Waals surface area contributed by atoms with E-state index in [1.807, 2.05) is 0 Å². The van der Waals surface area contributed by atoms with Crippen molar-refractivity contribution in [3.05, 3.63) is 19.2 Å². The molecule has 0 radical (unpaired) electrons. The van der Waals surface area contributed by atoms with Gasteiger partial charge in [0.05, 0.1) is 7.57 Å². The van der Waals surface area contributed by atoms with Gasteiger partial charge < -0.3 is 9.80 Å². The summed E-state index contributed by atoms with van der Waals surface area (Å²) in [5.41, 5.74) is 1.37. The van der Waals surface area contributed by atoms with Gasteiger partial charge in [-0.05, 0) is 84.1 Å². The fraction of sp³-hybridized carbons (Fsp3) is 0.636. The molecule has 1 heterocycles. The third-order valence-electron chi connectivity index (χ3n) is 2.31. The number of nitrogens with zero attached hydrogens (tertiary/aromatic N) is 2. The second-order valence-corrected chi connectivity index (χ2v) is 7.99. The molecule has 5 heteroatoms. The Morgan fingerprint density at radius 1 is 1.19 bits per heavy atom. The fourth-order valence-electron chi connectivity index (χ4n) is 1.51. The van der Waals surface area contributed by atoms with Crippen LogP contribution in [0.1, 0.15) is 12.0 Å². The average Bonchev–Trinajstić information content (AvgIpc) is 2.44. The molecule has 2 nitrogen and oxygen atoms in total. The average molecular weight is 370 g/mol. The molecule has 92 valence electrons. The molecule has 0 atom stereocenters. The molecule has 0 saturated carbocycles. The summed E-state index contributed by atoms with van der Waals surface area (Å²) in [6.45, 7) is 3.30. The summed E-state index contributed by atoms with van der Waals surface area (Å²) in [6, 6.07) is 2.19. The second-order valence-electron chi connectivity index (χ2n) is 4.24. The standard InChI is InChI=1S/C11H18Br2N2S/c1-14(2)5-4-6-15(3)8-9-7-10(12)16-11(9)13/h7H,4-6,8H2,1-3H3. The zero-order valence-corrected chi connectivity index (χ0v) is 14.0. The highest BCUT2D eigenvalue weighted by molar-refractivity contribution is 9.12. The van der Waals surface area contributed by atoms with E-state index in [0.717, 1.165) is 19.6 Å². The van der Waals surface area contributed by atoms with Gasteiger partial charge in [0.2, 0.25) is 0 Å². The Morgan fingerprint density at radius 2 is 1.88 bits per heavy atom. The molecule has 1 rings (SSSR count). The van der Waals surface area contributed by atoms with Crippen LogP contribution in [0.25, 0.3) is 0 Å². The summed E-state index contributed by atoms with van der Waals surface area (Å²) in [5, 5.41) is 0. The molecule has 0 spiro atoms. The van der Waals surface area contributed by atoms with Gasteiger partial charge in [-0.2, -0.15) is 0 Å². The van der Waals surface area contributed by atoms with Gasteiger partial charge in [-0.15, -0.1) is 11.3 Å². The van der Waals surface area contributed by atoms with Crippen molar-refractivity contribution in [1.29, 1.82) is 0 Å². The minimum absolute atomic E-state index is 1.01. The van der Waals surface area contributed by atoms with Crippen molar-refractivity contribution < 1.29 is 0 Å². The number of rotatable bonds is 6. The lowest BCUT2D eigenvalue weighted by Crippen LogP contribution is -2.23. The SMILES string of the molecule is CN(C)CCCN(C)Cc1cc(Br)sc1Br. The Hall–Kier alpha value is 0.580. The van der Waals surface area contributed by atoms with Crippen LogP contribution < -0.4 is 0 Å². The van der Waals surface area contributed by atoms with Crippen molar-refractivity contribution in [1.82, 2.24) is 9.80 Å². The van der Waals surface area contributed by atoms with Gasteiger partial charge in [0.15, 0.2) is 0 Å². The third kappa shape index (κ3) is 5.27. The van der Waals surface area contributed by atoms with Crippen LogP contribution in [-0.2, 0) is 6.54 Å². The molecule has 0 aromatic carbocycles. The van der Waals surface area contributed by atoms with Crippen molar-refractivity contribution in [3.63, 3.8) is 0 Å². The molecule has 16 heavy (non-hydrogen) atoms. The first-order valence-electron chi connectivity index (χ1n) is 5.26. The van der Waals surface area contributed by atoms with Gasteiger partial charge in [-0.3, -0.25) is 0 Å². The van der Waals surface area contributed by atoms with Gasteiger partial charge in [-0.1, -0.05) is 0 Å². The zero-order chi connectivity index (χ0) is 12.1. The number of thiophene rings is 1. The minimum atomic E-state index is 1.01. The van der Waals surface area contributed by atoms with Gasteiger partial charge in [-0.25, -0.2) is 0 Å². The third-order valence-corrected chi connectivity index (χ3v) is 4.78. The fourth-order valence-corrected chi connectivity index (χ4v) is 4.31. The highest BCUT2D eigenvalue weighted by Crippen LogP contribution is 2.32. The molecule has 0 amide bonds. The van der Waals surface area contributed by atoms with Gasteiger partial charge in [0, 0.05) is 6.54 Å². The normalized spacial score (nSPS) is 11.7. The maximum Gasteiger partial charge on any atom is 0.0755 e. The van der Waals surface area contributed by atoms with Crippen molar-refractivity contribution in [2.45, 2.75) is 13.0 Å². The number of hydrogen-bond donors (Lipinski definition) is 0. The molecular formula is C11H18Br2N2S.